The predicted molar refractivity (Wildman–Crippen MR) is 114 cm³/mol. The van der Waals surface area contributed by atoms with E-state index >= 15 is 8.63 Å². The normalized spacial score (nSPS) is 21.1. The van der Waals surface area contributed by atoms with E-state index in [0.717, 1.165) is 33.6 Å². The molecule has 0 amide bonds. The molecule has 1 aromatic carbocycles. The monoisotopic (exact) mass is 410 g/mol. The number of aromatic nitrogens is 1. The van der Waals surface area contributed by atoms with Crippen LogP contribution in [0.2, 0.25) is 0 Å². The molecule has 0 fully saturated rings. The van der Waals surface area contributed by atoms with Gasteiger partial charge < -0.3 is 27.1 Å². The summed E-state index contributed by atoms with van der Waals surface area (Å²) in [6.07, 6.45) is 1.84. The van der Waals surface area contributed by atoms with Gasteiger partial charge in [-0.2, -0.15) is 0 Å². The number of nitrogens with zero attached hydrogens (tertiary/aromatic N) is 2. The Morgan fingerprint density at radius 3 is 2.57 bits per heavy atom. The average molecular weight is 410 g/mol. The van der Waals surface area contributed by atoms with Crippen LogP contribution in [0.5, 0.6) is 5.75 Å². The summed E-state index contributed by atoms with van der Waals surface area (Å²) in [4.78, 5) is 0. The number of hydrogen-bond donors (Lipinski definition) is 0. The van der Waals surface area contributed by atoms with Gasteiger partial charge in [0, 0.05) is 43.7 Å². The smallest absolute Gasteiger partial charge is 0.463 e. The van der Waals surface area contributed by atoms with Crippen molar-refractivity contribution in [2.24, 2.45) is 0 Å². The number of rotatable bonds is 1. The Bertz CT molecular complexity index is 1220. The summed E-state index contributed by atoms with van der Waals surface area (Å²) < 4.78 is 45.6. The highest BCUT2D eigenvalue weighted by Crippen LogP contribution is 2.45. The molecule has 0 spiro atoms. The fourth-order valence-corrected chi connectivity index (χ4v) is 5.07. The summed E-state index contributed by atoms with van der Waals surface area (Å²) in [6.45, 7) is 7.50. The Morgan fingerprint density at radius 2 is 1.83 bits per heavy atom. The molecule has 156 valence electrons. The highest BCUT2D eigenvalue weighted by atomic mass is 19.2. The minimum Gasteiger partial charge on any atom is -0.463 e. The summed E-state index contributed by atoms with van der Waals surface area (Å²) >= 11 is 0. The second kappa shape index (κ2) is 5.94. The third kappa shape index (κ3) is 2.51. The number of allylic oxidation sites excluding steroid dienone is 2. The number of ether oxygens (including phenoxy) is 2. The second-order valence-electron chi connectivity index (χ2n) is 8.95. The van der Waals surface area contributed by atoms with Gasteiger partial charge in [-0.05, 0) is 55.8 Å². The molecule has 0 saturated carbocycles. The van der Waals surface area contributed by atoms with E-state index in [2.05, 4.69) is 0 Å². The van der Waals surface area contributed by atoms with Crippen LogP contribution in [0.25, 0.3) is 5.57 Å². The van der Waals surface area contributed by atoms with Gasteiger partial charge in [0.15, 0.2) is 5.70 Å². The van der Waals surface area contributed by atoms with Crippen molar-refractivity contribution in [2.75, 3.05) is 0 Å². The van der Waals surface area contributed by atoms with Gasteiger partial charge in [0.05, 0.1) is 12.2 Å². The molecule has 3 aliphatic heterocycles. The fraction of sp³-hybridized carbons (Fsp3) is 0.348. The van der Waals surface area contributed by atoms with Crippen molar-refractivity contribution >= 4 is 18.3 Å². The van der Waals surface area contributed by atoms with E-state index in [1.807, 2.05) is 58.0 Å². The topological polar surface area (TPSA) is 26.4 Å². The van der Waals surface area contributed by atoms with Gasteiger partial charge in [0.25, 0.3) is 0 Å². The molecule has 3 aliphatic rings. The molecule has 5 rings (SSSR count). The Kier molecular flexibility index (Phi) is 3.82. The zero-order chi connectivity index (χ0) is 21.6. The number of halogens is 2. The largest absolute Gasteiger partial charge is 0.737 e. The lowest BCUT2D eigenvalue weighted by Crippen LogP contribution is -2.51. The highest BCUT2D eigenvalue weighted by molar-refractivity contribution is 6.58. The van der Waals surface area contributed by atoms with Gasteiger partial charge >= 0.3 is 6.97 Å². The van der Waals surface area contributed by atoms with Crippen LogP contribution >= 0.6 is 0 Å². The van der Waals surface area contributed by atoms with E-state index in [4.69, 9.17) is 9.47 Å². The lowest BCUT2D eigenvalue weighted by molar-refractivity contribution is -0.363. The standard InChI is InChI=1S/C23H25BF2N2O2/c1-13-9-15(3)27-21(13)20(22-14(2)10-16(4)28(22)24(27,25)26)17-7-8-19-18(11-17)12-29-23(5,6)30-19/h7-11H,12H2,1-6H3. The van der Waals surface area contributed by atoms with Crippen LogP contribution in [0.3, 0.4) is 0 Å². The molecule has 0 saturated heterocycles. The van der Waals surface area contributed by atoms with Gasteiger partial charge in [-0.3, -0.25) is 0 Å². The first-order valence-electron chi connectivity index (χ1n) is 10.2. The van der Waals surface area contributed by atoms with Gasteiger partial charge in [-0.25, -0.2) is 0 Å². The molecule has 0 aliphatic carbocycles. The molecule has 4 nitrogen and oxygen atoms in total. The van der Waals surface area contributed by atoms with Crippen molar-refractivity contribution in [1.29, 1.82) is 0 Å². The summed E-state index contributed by atoms with van der Waals surface area (Å²) in [6, 6.07) is 7.73. The zero-order valence-corrected chi connectivity index (χ0v) is 18.1. The molecule has 7 heteroatoms. The van der Waals surface area contributed by atoms with E-state index in [-0.39, 0.29) is 0 Å². The maximum absolute atomic E-state index is 15.7. The lowest BCUT2D eigenvalue weighted by Gasteiger charge is -2.35. The van der Waals surface area contributed by atoms with E-state index in [1.54, 1.807) is 13.8 Å². The van der Waals surface area contributed by atoms with Crippen molar-refractivity contribution in [3.63, 3.8) is 0 Å². The fourth-order valence-electron chi connectivity index (χ4n) is 5.07. The molecule has 30 heavy (non-hydrogen) atoms. The zero-order valence-electron chi connectivity index (χ0n) is 18.1. The van der Waals surface area contributed by atoms with Crippen LogP contribution < -0.4 is 4.74 Å². The molecular formula is C23H25BF2N2O2. The number of hydrogen-bond acceptors (Lipinski definition) is 2. The quantitative estimate of drug-likeness (QED) is 0.606. The van der Waals surface area contributed by atoms with E-state index in [0.29, 0.717) is 29.4 Å². The van der Waals surface area contributed by atoms with Crippen LogP contribution in [-0.2, 0) is 11.3 Å². The van der Waals surface area contributed by atoms with Crippen molar-refractivity contribution in [3.8, 4) is 5.75 Å². The van der Waals surface area contributed by atoms with Crippen molar-refractivity contribution in [1.82, 2.24) is 4.48 Å². The van der Waals surface area contributed by atoms with Gasteiger partial charge in [0.1, 0.15) is 11.5 Å². The third-order valence-electron chi connectivity index (χ3n) is 6.21. The minimum atomic E-state index is -3.97. The second-order valence-corrected chi connectivity index (χ2v) is 8.95. The molecule has 0 radical (unpaired) electrons. The Labute approximate surface area is 175 Å². The summed E-state index contributed by atoms with van der Waals surface area (Å²) in [5.41, 5.74) is 6.62. The highest BCUT2D eigenvalue weighted by Gasteiger charge is 2.55. The van der Waals surface area contributed by atoms with Crippen molar-refractivity contribution in [3.05, 3.63) is 69.7 Å². The first-order chi connectivity index (χ1) is 14.0. The molecule has 1 aromatic heterocycles. The molecule has 4 heterocycles. The first kappa shape index (κ1) is 19.3. The SMILES string of the molecule is CC1=CC(C)=[N+]2C1=C(c1ccc3c(c1)COC(C)(C)O3)c1c(C)cc(C)n1[B-]2(F)F. The van der Waals surface area contributed by atoms with E-state index in [9.17, 15) is 0 Å². The molecule has 0 bridgehead atoms. The maximum atomic E-state index is 15.7. The molecule has 2 aromatic rings. The van der Waals surface area contributed by atoms with Crippen LogP contribution in [0, 0.1) is 13.8 Å². The van der Waals surface area contributed by atoms with E-state index < -0.39 is 12.8 Å². The van der Waals surface area contributed by atoms with Gasteiger partial charge in [0.2, 0.25) is 5.79 Å². The van der Waals surface area contributed by atoms with Gasteiger partial charge in [-0.15, -0.1) is 0 Å². The molecular weight excluding hydrogens is 385 g/mol. The Morgan fingerprint density at radius 1 is 1.10 bits per heavy atom. The van der Waals surface area contributed by atoms with Crippen LogP contribution in [0.1, 0.15) is 55.8 Å². The van der Waals surface area contributed by atoms with E-state index in [1.165, 1.54) is 8.96 Å². The van der Waals surface area contributed by atoms with Crippen molar-refractivity contribution < 1.29 is 22.6 Å². The summed E-state index contributed by atoms with van der Waals surface area (Å²) in [5, 5.41) is 0. The van der Waals surface area contributed by atoms with Crippen LogP contribution in [-0.4, -0.2) is 27.4 Å². The van der Waals surface area contributed by atoms with Crippen LogP contribution in [0.15, 0.2) is 41.6 Å². The number of aryl methyl sites for hydroxylation is 2. The molecule has 0 N–H and O–H groups in total. The minimum absolute atomic E-state index is 0.418. The predicted octanol–water partition coefficient (Wildman–Crippen LogP) is 5.18. The van der Waals surface area contributed by atoms with Crippen LogP contribution in [0.4, 0.5) is 8.63 Å². The first-order valence-corrected chi connectivity index (χ1v) is 10.2. The lowest BCUT2D eigenvalue weighted by atomic mass is 9.83. The third-order valence-corrected chi connectivity index (χ3v) is 6.21. The number of benzene rings is 1. The molecule has 0 unspecified atom stereocenters. The Hall–Kier alpha value is -2.67. The van der Waals surface area contributed by atoms with Gasteiger partial charge in [-0.1, -0.05) is 6.07 Å². The summed E-state index contributed by atoms with van der Waals surface area (Å²) in [5.74, 6) is 0.0922. The molecule has 0 atom stereocenters. The van der Waals surface area contributed by atoms with Crippen molar-refractivity contribution in [2.45, 2.75) is 53.9 Å². The number of fused-ring (bicyclic) bond motifs is 3. The maximum Gasteiger partial charge on any atom is 0.737 e. The summed E-state index contributed by atoms with van der Waals surface area (Å²) in [7, 11) is 0. The average Bonchev–Trinajstić information content (AvgIpc) is 3.11. The Balaban J connectivity index is 1.81.